The Labute approximate surface area is 443 Å². The van der Waals surface area contributed by atoms with E-state index in [1.165, 1.54) is 44.2 Å². The van der Waals surface area contributed by atoms with Crippen molar-refractivity contribution in [2.45, 2.75) is 85.1 Å². The summed E-state index contributed by atoms with van der Waals surface area (Å²) >= 11 is 0. The van der Waals surface area contributed by atoms with Gasteiger partial charge in [-0.3, -0.25) is 0 Å². The van der Waals surface area contributed by atoms with Crippen molar-refractivity contribution in [3.8, 4) is 22.3 Å². The van der Waals surface area contributed by atoms with E-state index < -0.39 is 0 Å². The van der Waals surface area contributed by atoms with E-state index in [0.29, 0.717) is 0 Å². The molecule has 310 valence electrons. The van der Waals surface area contributed by atoms with Gasteiger partial charge in [0.25, 0.3) is 0 Å². The van der Waals surface area contributed by atoms with E-state index in [1.54, 1.807) is 22.3 Å². The lowest BCUT2D eigenvalue weighted by atomic mass is 8.99. The zero-order valence-electron chi connectivity index (χ0n) is 51.0. The molecule has 0 aromatic heterocycles. The third-order valence-electron chi connectivity index (χ3n) is 22.4. The topological polar surface area (TPSA) is 0 Å². The molecule has 0 aliphatic heterocycles. The normalized spacial score (nSPS) is 22.9. The number of hydrogen-bond acceptors (Lipinski definition) is 0. The molecule has 0 N–H and O–H groups in total. The van der Waals surface area contributed by atoms with Gasteiger partial charge in [0.2, 0.25) is 0 Å². The summed E-state index contributed by atoms with van der Waals surface area (Å²) in [6, 6.07) is 15.8. The second-order valence-corrected chi connectivity index (χ2v) is 32.4. The quantitative estimate of drug-likeness (QED) is 0.188. The Morgan fingerprint density at radius 3 is 0.851 bits per heavy atom. The lowest BCUT2D eigenvalue weighted by molar-refractivity contribution is 0.212. The average molecular weight is 841 g/mol. The van der Waals surface area contributed by atoms with Gasteiger partial charge in [-0.25, -0.2) is 0 Å². The van der Waals surface area contributed by atoms with Crippen LogP contribution >= 0.6 is 0 Å². The maximum absolute atomic E-state index is 2.75. The smallest absolute Gasteiger partial charge is 0.110 e. The molecule has 0 amide bonds. The monoisotopic (exact) mass is 847 g/mol. The van der Waals surface area contributed by atoms with Crippen molar-refractivity contribution in [3.05, 3.63) is 64.2 Å². The summed E-state index contributed by atoms with van der Waals surface area (Å²) in [4.78, 5) is 0. The Hall–Kier alpha value is -0.197. The molecule has 0 nitrogen and oxygen atoms in total. The Balaban J connectivity index is 2.07. The maximum Gasteiger partial charge on any atom is 0.140 e. The van der Waals surface area contributed by atoms with E-state index in [4.69, 9.17) is 0 Å². The lowest BCUT2D eigenvalue weighted by Gasteiger charge is -2.81. The molecule has 2 aliphatic rings. The minimum Gasteiger partial charge on any atom is -0.110 e. The highest BCUT2D eigenvalue weighted by molar-refractivity contribution is 6.74. The van der Waals surface area contributed by atoms with Crippen LogP contribution in [0.15, 0.2) is 36.4 Å². The van der Waals surface area contributed by atoms with Gasteiger partial charge in [-0.15, -0.1) is 35.8 Å². The van der Waals surface area contributed by atoms with Crippen molar-refractivity contribution in [1.82, 2.24) is 0 Å². The number of fused-ring (bicyclic) bond motifs is 2. The molecular weight excluding hydrogens is 765 g/mol. The fraction of sp³-hybridized carbons (Fsp3) is 0.471. The first-order valence-corrected chi connectivity index (χ1v) is 26.7. The molecule has 0 radical (unpaired) electrons. The summed E-state index contributed by atoms with van der Waals surface area (Å²) in [6.07, 6.45) is 0. The van der Waals surface area contributed by atoms with Gasteiger partial charge in [0.05, 0.1) is 228 Å². The second kappa shape index (κ2) is 15.9. The summed E-state index contributed by atoms with van der Waals surface area (Å²) in [6.45, 7) is 2.40. The molecule has 3 aromatic carbocycles. The van der Waals surface area contributed by atoms with Crippen LogP contribution < -0.4 is 16.4 Å². The van der Waals surface area contributed by atoms with Crippen LogP contribution in [-0.2, 0) is 21.6 Å². The van der Waals surface area contributed by atoms with Crippen LogP contribution in [0.3, 0.4) is 0 Å². The van der Waals surface area contributed by atoms with Crippen molar-refractivity contribution < 1.29 is 0 Å². The predicted molar refractivity (Wildman–Crippen MR) is 399 cm³/mol. The Morgan fingerprint density at radius 2 is 0.567 bits per heavy atom. The second-order valence-electron chi connectivity index (χ2n) is 32.4. The molecule has 5 rings (SSSR count). The Bertz CT molecular complexity index is 2450. The molecular formula is C34H75B33. The highest BCUT2D eigenvalue weighted by Gasteiger charge is 2.74. The van der Waals surface area contributed by atoms with Crippen molar-refractivity contribution >= 4 is 275 Å². The van der Waals surface area contributed by atoms with E-state index in [9.17, 15) is 0 Å². The van der Waals surface area contributed by atoms with Crippen LogP contribution in [0.4, 0.5) is 0 Å². The van der Waals surface area contributed by atoms with E-state index in [0.717, 1.165) is 0 Å². The van der Waals surface area contributed by atoms with E-state index in [2.05, 4.69) is 302 Å². The minimum atomic E-state index is -0.186. The van der Waals surface area contributed by atoms with Crippen molar-refractivity contribution in [3.63, 3.8) is 0 Å². The standard InChI is InChI=1S/C34H75B33/c1-8-17(35)15(9-2-4-11-13(6-9)21(30(53,54)55,31(56,57)58)25(41,42)24(39,40)20(11,28(47,48)49)29(50,51)52)19(37)16(18(8)36)10-3-5-12-14(7-10)22(32(59,60)61,33(62,63)64)26(43,44)27(45,46)23(12,38)34(65,66)67/h2-7H,35-67H2,1H3. The number of benzene rings is 3. The molecule has 0 saturated carbocycles. The summed E-state index contributed by atoms with van der Waals surface area (Å²) in [5, 5.41) is -0.617. The average Bonchev–Trinajstić information content (AvgIpc) is 3.06. The molecule has 0 fully saturated rings. The van der Waals surface area contributed by atoms with Gasteiger partial charge in [0, 0.05) is 0 Å². The van der Waals surface area contributed by atoms with Crippen molar-refractivity contribution in [2.75, 3.05) is 0 Å². The summed E-state index contributed by atoms with van der Waals surface area (Å²) in [5.74, 6) is 0. The maximum atomic E-state index is 2.75. The van der Waals surface area contributed by atoms with Gasteiger partial charge in [-0.1, -0.05) is 84.5 Å². The van der Waals surface area contributed by atoms with Gasteiger partial charge >= 0.3 is 0 Å². The molecule has 0 bridgehead atoms. The third kappa shape index (κ3) is 6.78. The van der Waals surface area contributed by atoms with E-state index >= 15 is 0 Å². The molecule has 1 atom stereocenters. The number of rotatable bonds is 9. The van der Waals surface area contributed by atoms with Gasteiger partial charge in [0.15, 0.2) is 0 Å². The first-order chi connectivity index (χ1) is 29.3. The minimum absolute atomic E-state index is 0.0224. The predicted octanol–water partition coefficient (Wildman–Crippen LogP) is -26.0. The third-order valence-corrected chi connectivity index (χ3v) is 22.4. The molecule has 0 heterocycles. The first kappa shape index (κ1) is 57.7. The van der Waals surface area contributed by atoms with Crippen LogP contribution in [0.5, 0.6) is 0 Å². The largest absolute Gasteiger partial charge is 0.140 e. The molecule has 0 saturated heterocycles. The zero-order valence-corrected chi connectivity index (χ0v) is 51.0. The van der Waals surface area contributed by atoms with Gasteiger partial charge in [-0.05, 0) is 67.7 Å². The number of hydrogen-bond donors (Lipinski definition) is 0. The Kier molecular flexibility index (Phi) is 13.7. The SMILES string of the molecule is Bc1c(C)c(B)c(-c2ccc3c(c2)C(C(B)(B)B)(C(B)(B)B)C(B)(B)C(B)(B)C3(C(B)(B)B)C(B)(B)B)c(B)c1-c1ccc2c(c1)C(C(B)(B)B)(C(B)(B)B)C(B)(B)C(B)(B)C2(B)C(B)(B)B. The summed E-state index contributed by atoms with van der Waals surface area (Å²) in [7, 11) is 84.3. The molecule has 67 heavy (non-hydrogen) atoms. The van der Waals surface area contributed by atoms with Crippen LogP contribution in [0, 0.1) is 6.92 Å². The molecule has 33 heteroatoms. The molecule has 1 unspecified atom stereocenters. The van der Waals surface area contributed by atoms with Crippen LogP contribution in [-0.4, -0.2) is 259 Å². The molecule has 0 spiro atoms. The van der Waals surface area contributed by atoms with Gasteiger partial charge in [0.1, 0.15) is 31.4 Å². The Morgan fingerprint density at radius 1 is 0.313 bits per heavy atom. The lowest BCUT2D eigenvalue weighted by Crippen LogP contribution is -2.74. The fourth-order valence-electron chi connectivity index (χ4n) is 21.1. The summed E-state index contributed by atoms with van der Waals surface area (Å²) < 4.78 is 0. The summed E-state index contributed by atoms with van der Waals surface area (Å²) in [5.41, 5.74) is 16.9. The van der Waals surface area contributed by atoms with Gasteiger partial charge < -0.3 is 0 Å². The highest BCUT2D eigenvalue weighted by atomic mass is 14.7. The first-order valence-electron chi connectivity index (χ1n) is 26.7. The zero-order chi connectivity index (χ0) is 52.7. The fourth-order valence-corrected chi connectivity index (χ4v) is 21.1. The van der Waals surface area contributed by atoms with Gasteiger partial charge in [-0.2, -0.15) is 0 Å². The van der Waals surface area contributed by atoms with Crippen molar-refractivity contribution in [2.24, 2.45) is 0 Å². The molecule has 2 aliphatic carbocycles. The van der Waals surface area contributed by atoms with E-state index in [-0.39, 0.29) is 78.2 Å². The van der Waals surface area contributed by atoms with Crippen molar-refractivity contribution in [1.29, 1.82) is 0 Å². The van der Waals surface area contributed by atoms with Crippen LogP contribution in [0.25, 0.3) is 22.3 Å². The van der Waals surface area contributed by atoms with E-state index in [1.807, 2.05) is 0 Å². The highest BCUT2D eigenvalue weighted by Crippen LogP contribution is 2.83. The van der Waals surface area contributed by atoms with Crippen LogP contribution in [0.1, 0.15) is 27.8 Å². The molecule has 3 aromatic rings. The van der Waals surface area contributed by atoms with Crippen LogP contribution in [0.2, 0.25) is 56.6 Å².